The second-order valence-electron chi connectivity index (χ2n) is 5.65. The molecule has 0 fully saturated rings. The molecule has 1 atom stereocenters. The molecule has 1 nitrogen and oxygen atoms in total. The third-order valence-corrected chi connectivity index (χ3v) is 5.41. The minimum absolute atomic E-state index is 0.0359. The summed E-state index contributed by atoms with van der Waals surface area (Å²) in [6, 6.07) is 5.93. The van der Waals surface area contributed by atoms with Gasteiger partial charge in [0.25, 0.3) is 0 Å². The Bertz CT molecular complexity index is 600. The van der Waals surface area contributed by atoms with Gasteiger partial charge in [0, 0.05) is 15.3 Å². The van der Waals surface area contributed by atoms with Crippen molar-refractivity contribution in [3.8, 4) is 0 Å². The van der Waals surface area contributed by atoms with Gasteiger partial charge in [-0.2, -0.15) is 0 Å². The zero-order chi connectivity index (χ0) is 14.3. The van der Waals surface area contributed by atoms with Crippen molar-refractivity contribution in [3.63, 3.8) is 0 Å². The standard InChI is InChI=1S/C17H20FNS/c1-10-7-11(2)16(13(18)8-10)17(19-3)15-9-12-5-4-6-14(12)20-15/h7-9,17,19H,4-6H2,1-3H3. The van der Waals surface area contributed by atoms with Crippen molar-refractivity contribution >= 4 is 11.3 Å². The minimum Gasteiger partial charge on any atom is -0.309 e. The van der Waals surface area contributed by atoms with Crippen LogP contribution in [-0.4, -0.2) is 7.05 Å². The van der Waals surface area contributed by atoms with Crippen LogP contribution in [0, 0.1) is 19.7 Å². The second-order valence-corrected chi connectivity index (χ2v) is 6.82. The van der Waals surface area contributed by atoms with Gasteiger partial charge in [0.05, 0.1) is 6.04 Å². The molecule has 20 heavy (non-hydrogen) atoms. The number of aryl methyl sites for hydroxylation is 4. The fourth-order valence-electron chi connectivity index (χ4n) is 3.22. The Morgan fingerprint density at radius 2 is 2.00 bits per heavy atom. The van der Waals surface area contributed by atoms with E-state index < -0.39 is 0 Å². The maximum Gasteiger partial charge on any atom is 0.128 e. The molecular formula is C17H20FNS. The summed E-state index contributed by atoms with van der Waals surface area (Å²) < 4.78 is 14.4. The smallest absolute Gasteiger partial charge is 0.128 e. The molecule has 3 heteroatoms. The van der Waals surface area contributed by atoms with Crippen LogP contribution >= 0.6 is 11.3 Å². The summed E-state index contributed by atoms with van der Waals surface area (Å²) in [5.74, 6) is -0.101. The van der Waals surface area contributed by atoms with E-state index in [1.54, 1.807) is 6.07 Å². The van der Waals surface area contributed by atoms with Crippen LogP contribution in [0.4, 0.5) is 4.39 Å². The van der Waals surface area contributed by atoms with Crippen LogP contribution in [0.15, 0.2) is 18.2 Å². The molecule has 0 saturated carbocycles. The second kappa shape index (κ2) is 5.30. The third-order valence-electron chi connectivity index (χ3n) is 4.11. The Kier molecular flexibility index (Phi) is 3.65. The Morgan fingerprint density at radius 3 is 2.65 bits per heavy atom. The van der Waals surface area contributed by atoms with Crippen molar-refractivity contribution in [2.24, 2.45) is 0 Å². The summed E-state index contributed by atoms with van der Waals surface area (Å²) in [4.78, 5) is 2.73. The zero-order valence-corrected chi connectivity index (χ0v) is 13.0. The lowest BCUT2D eigenvalue weighted by atomic mass is 9.97. The number of fused-ring (bicyclic) bond motifs is 1. The average Bonchev–Trinajstić information content (AvgIpc) is 2.93. The summed E-state index contributed by atoms with van der Waals surface area (Å²) in [5, 5.41) is 3.29. The molecule has 106 valence electrons. The lowest BCUT2D eigenvalue weighted by Gasteiger charge is -2.19. The molecule has 0 radical (unpaired) electrons. The third kappa shape index (κ3) is 2.29. The summed E-state index contributed by atoms with van der Waals surface area (Å²) in [6.07, 6.45) is 3.63. The highest BCUT2D eigenvalue weighted by Gasteiger charge is 2.23. The topological polar surface area (TPSA) is 12.0 Å². The first-order chi connectivity index (χ1) is 9.60. The molecule has 0 bridgehead atoms. The van der Waals surface area contributed by atoms with Gasteiger partial charge in [-0.3, -0.25) is 0 Å². The quantitative estimate of drug-likeness (QED) is 0.888. The van der Waals surface area contributed by atoms with E-state index in [2.05, 4.69) is 17.4 Å². The Balaban J connectivity index is 2.05. The number of thiophene rings is 1. The first-order valence-corrected chi connectivity index (χ1v) is 7.97. The van der Waals surface area contributed by atoms with Crippen molar-refractivity contribution in [1.29, 1.82) is 0 Å². The molecule has 1 aromatic heterocycles. The Morgan fingerprint density at radius 1 is 1.20 bits per heavy atom. The summed E-state index contributed by atoms with van der Waals surface area (Å²) in [6.45, 7) is 3.94. The van der Waals surface area contributed by atoms with Gasteiger partial charge >= 0.3 is 0 Å². The highest BCUT2D eigenvalue weighted by Crippen LogP contribution is 2.37. The molecule has 2 aromatic rings. The van der Waals surface area contributed by atoms with Crippen molar-refractivity contribution in [3.05, 3.63) is 56.0 Å². The molecule has 0 amide bonds. The zero-order valence-electron chi connectivity index (χ0n) is 12.2. The molecule has 0 aliphatic heterocycles. The van der Waals surface area contributed by atoms with Gasteiger partial charge in [-0.15, -0.1) is 11.3 Å². The van der Waals surface area contributed by atoms with Gasteiger partial charge in [0.2, 0.25) is 0 Å². The predicted molar refractivity (Wildman–Crippen MR) is 83.1 cm³/mol. The fraction of sp³-hybridized carbons (Fsp3) is 0.412. The average molecular weight is 289 g/mol. The summed E-state index contributed by atoms with van der Waals surface area (Å²) in [7, 11) is 1.91. The summed E-state index contributed by atoms with van der Waals surface area (Å²) in [5.41, 5.74) is 4.26. The SMILES string of the molecule is CNC(c1cc2c(s1)CCC2)c1c(C)cc(C)cc1F. The van der Waals surface area contributed by atoms with Gasteiger partial charge in [-0.25, -0.2) is 4.39 Å². The molecule has 1 aromatic carbocycles. The van der Waals surface area contributed by atoms with E-state index >= 15 is 0 Å². The van der Waals surface area contributed by atoms with Gasteiger partial charge < -0.3 is 5.32 Å². The van der Waals surface area contributed by atoms with E-state index in [9.17, 15) is 4.39 Å². The van der Waals surface area contributed by atoms with Gasteiger partial charge in [0.1, 0.15) is 5.82 Å². The normalized spacial score (nSPS) is 15.4. The highest BCUT2D eigenvalue weighted by molar-refractivity contribution is 7.12. The van der Waals surface area contributed by atoms with Crippen molar-refractivity contribution < 1.29 is 4.39 Å². The van der Waals surface area contributed by atoms with E-state index in [-0.39, 0.29) is 11.9 Å². The molecule has 0 saturated heterocycles. The Labute approximate surface area is 123 Å². The van der Waals surface area contributed by atoms with Crippen LogP contribution in [-0.2, 0) is 12.8 Å². The Hall–Kier alpha value is -1.19. The van der Waals surface area contributed by atoms with Crippen LogP contribution in [0.2, 0.25) is 0 Å². The van der Waals surface area contributed by atoms with Crippen molar-refractivity contribution in [2.45, 2.75) is 39.2 Å². The molecule has 1 heterocycles. The molecular weight excluding hydrogens is 269 g/mol. The monoisotopic (exact) mass is 289 g/mol. The molecule has 1 N–H and O–H groups in total. The minimum atomic E-state index is -0.101. The van der Waals surface area contributed by atoms with E-state index in [1.165, 1.54) is 34.6 Å². The maximum absolute atomic E-state index is 14.4. The predicted octanol–water partition coefficient (Wildman–Crippen LogP) is 4.30. The number of nitrogens with one attached hydrogen (secondary N) is 1. The van der Waals surface area contributed by atoms with Crippen LogP contribution in [0.5, 0.6) is 0 Å². The van der Waals surface area contributed by atoms with Gasteiger partial charge in [-0.1, -0.05) is 6.07 Å². The highest BCUT2D eigenvalue weighted by atomic mass is 32.1. The van der Waals surface area contributed by atoms with E-state index in [0.717, 1.165) is 16.7 Å². The molecule has 0 spiro atoms. The van der Waals surface area contributed by atoms with Gasteiger partial charge in [0.15, 0.2) is 0 Å². The molecule has 3 rings (SSSR count). The molecule has 1 aliphatic rings. The first-order valence-electron chi connectivity index (χ1n) is 7.15. The van der Waals surface area contributed by atoms with Crippen molar-refractivity contribution in [1.82, 2.24) is 5.32 Å². The number of hydrogen-bond donors (Lipinski definition) is 1. The molecule has 1 unspecified atom stereocenters. The van der Waals surface area contributed by atoms with Crippen LogP contribution in [0.3, 0.4) is 0 Å². The van der Waals surface area contributed by atoms with Gasteiger partial charge in [-0.05, 0) is 69.0 Å². The lowest BCUT2D eigenvalue weighted by Crippen LogP contribution is -2.19. The number of hydrogen-bond acceptors (Lipinski definition) is 2. The lowest BCUT2D eigenvalue weighted by molar-refractivity contribution is 0.575. The fourth-order valence-corrected chi connectivity index (χ4v) is 4.59. The number of halogens is 1. The summed E-state index contributed by atoms with van der Waals surface area (Å²) >= 11 is 1.84. The maximum atomic E-state index is 14.4. The largest absolute Gasteiger partial charge is 0.309 e. The van der Waals surface area contributed by atoms with Crippen molar-refractivity contribution in [2.75, 3.05) is 7.05 Å². The number of rotatable bonds is 3. The first kappa shape index (κ1) is 13.8. The van der Waals surface area contributed by atoms with E-state index in [1.807, 2.05) is 32.2 Å². The van der Waals surface area contributed by atoms with Crippen LogP contribution in [0.1, 0.15) is 44.5 Å². The van der Waals surface area contributed by atoms with E-state index in [0.29, 0.717) is 0 Å². The van der Waals surface area contributed by atoms with Crippen LogP contribution in [0.25, 0.3) is 0 Å². The van der Waals surface area contributed by atoms with E-state index in [4.69, 9.17) is 0 Å². The molecule has 1 aliphatic carbocycles. The van der Waals surface area contributed by atoms with Crippen LogP contribution < -0.4 is 5.32 Å². The number of benzene rings is 1.